The molecule has 0 bridgehead atoms. The number of carbonyl (C=O) groups is 2. The fourth-order valence-electron chi connectivity index (χ4n) is 1.34. The van der Waals surface area contributed by atoms with Crippen molar-refractivity contribution in [1.82, 2.24) is 5.32 Å². The number of hydrogen-bond donors (Lipinski definition) is 3. The molecule has 5 nitrogen and oxygen atoms in total. The highest BCUT2D eigenvalue weighted by atomic mass is 35.5. The molecule has 19 heavy (non-hydrogen) atoms. The van der Waals surface area contributed by atoms with E-state index in [0.717, 1.165) is 5.56 Å². The molecule has 0 heterocycles. The predicted molar refractivity (Wildman–Crippen MR) is 75.9 cm³/mol. The summed E-state index contributed by atoms with van der Waals surface area (Å²) in [4.78, 5) is 23.2. The van der Waals surface area contributed by atoms with Crippen LogP contribution in [-0.2, 0) is 15.5 Å². The highest BCUT2D eigenvalue weighted by molar-refractivity contribution is 6.17. The SMILES string of the molecule is CC(N)C(=O)NC(C)C(=O)Nc1ccc(CCl)cc1. The van der Waals surface area contributed by atoms with E-state index in [9.17, 15) is 9.59 Å². The quantitative estimate of drug-likeness (QED) is 0.710. The number of carbonyl (C=O) groups excluding carboxylic acids is 2. The van der Waals surface area contributed by atoms with Crippen LogP contribution in [0, 0.1) is 0 Å². The molecule has 0 aliphatic rings. The molecule has 1 aromatic carbocycles. The summed E-state index contributed by atoms with van der Waals surface area (Å²) in [5.41, 5.74) is 7.04. The van der Waals surface area contributed by atoms with Gasteiger partial charge in [0.15, 0.2) is 0 Å². The van der Waals surface area contributed by atoms with E-state index in [-0.39, 0.29) is 11.8 Å². The number of amides is 2. The molecule has 2 amide bonds. The smallest absolute Gasteiger partial charge is 0.246 e. The minimum absolute atomic E-state index is 0.298. The van der Waals surface area contributed by atoms with E-state index in [4.69, 9.17) is 17.3 Å². The second-order valence-electron chi connectivity index (χ2n) is 4.34. The van der Waals surface area contributed by atoms with Crippen LogP contribution in [0.15, 0.2) is 24.3 Å². The van der Waals surface area contributed by atoms with Crippen molar-refractivity contribution in [3.05, 3.63) is 29.8 Å². The van der Waals surface area contributed by atoms with Gasteiger partial charge in [0.1, 0.15) is 6.04 Å². The summed E-state index contributed by atoms with van der Waals surface area (Å²) in [6.07, 6.45) is 0. The third-order valence-electron chi connectivity index (χ3n) is 2.54. The number of nitrogens with two attached hydrogens (primary N) is 1. The van der Waals surface area contributed by atoms with Crippen LogP contribution in [0.4, 0.5) is 5.69 Å². The number of anilines is 1. The van der Waals surface area contributed by atoms with Gasteiger partial charge in [0.25, 0.3) is 0 Å². The minimum atomic E-state index is -0.647. The highest BCUT2D eigenvalue weighted by Crippen LogP contribution is 2.11. The first-order chi connectivity index (χ1) is 8.93. The van der Waals surface area contributed by atoms with Crippen molar-refractivity contribution < 1.29 is 9.59 Å². The van der Waals surface area contributed by atoms with Gasteiger partial charge in [-0.05, 0) is 31.5 Å². The maximum atomic E-state index is 11.8. The predicted octanol–water partition coefficient (Wildman–Crippen LogP) is 1.22. The first-order valence-corrected chi connectivity index (χ1v) is 6.49. The van der Waals surface area contributed by atoms with Crippen molar-refractivity contribution in [3.63, 3.8) is 0 Å². The molecule has 0 saturated heterocycles. The number of benzene rings is 1. The van der Waals surface area contributed by atoms with Gasteiger partial charge in [0.2, 0.25) is 11.8 Å². The number of halogens is 1. The van der Waals surface area contributed by atoms with Gasteiger partial charge in [-0.2, -0.15) is 0 Å². The Morgan fingerprint density at radius 3 is 2.26 bits per heavy atom. The Kier molecular flexibility index (Phi) is 5.79. The third-order valence-corrected chi connectivity index (χ3v) is 2.85. The van der Waals surface area contributed by atoms with Crippen LogP contribution in [0.1, 0.15) is 19.4 Å². The van der Waals surface area contributed by atoms with Crippen molar-refractivity contribution in [2.45, 2.75) is 31.8 Å². The Morgan fingerprint density at radius 2 is 1.79 bits per heavy atom. The lowest BCUT2D eigenvalue weighted by Gasteiger charge is -2.15. The van der Waals surface area contributed by atoms with E-state index < -0.39 is 12.1 Å². The molecular weight excluding hydrogens is 266 g/mol. The Hall–Kier alpha value is -1.59. The second kappa shape index (κ2) is 7.11. The summed E-state index contributed by atoms with van der Waals surface area (Å²) >= 11 is 5.68. The van der Waals surface area contributed by atoms with Gasteiger partial charge in [0, 0.05) is 11.6 Å². The molecule has 1 rings (SSSR count). The molecule has 1 aromatic rings. The van der Waals surface area contributed by atoms with Gasteiger partial charge in [-0.25, -0.2) is 0 Å². The molecule has 0 aromatic heterocycles. The molecule has 2 atom stereocenters. The monoisotopic (exact) mass is 283 g/mol. The van der Waals surface area contributed by atoms with Gasteiger partial charge in [-0.1, -0.05) is 12.1 Å². The van der Waals surface area contributed by atoms with Crippen LogP contribution in [0.2, 0.25) is 0 Å². The number of alkyl halides is 1. The van der Waals surface area contributed by atoms with Crippen molar-refractivity contribution in [2.75, 3.05) is 5.32 Å². The fourth-order valence-corrected chi connectivity index (χ4v) is 1.52. The third kappa shape index (κ3) is 4.89. The van der Waals surface area contributed by atoms with E-state index in [1.807, 2.05) is 12.1 Å². The summed E-state index contributed by atoms with van der Waals surface area (Å²) in [6, 6.07) is 5.89. The molecule has 0 aliphatic carbocycles. The molecule has 0 radical (unpaired) electrons. The summed E-state index contributed by atoms with van der Waals surface area (Å²) in [6.45, 7) is 3.16. The van der Waals surface area contributed by atoms with Crippen LogP contribution in [-0.4, -0.2) is 23.9 Å². The van der Waals surface area contributed by atoms with Gasteiger partial charge in [0.05, 0.1) is 6.04 Å². The molecular formula is C13H18ClN3O2. The lowest BCUT2D eigenvalue weighted by Crippen LogP contribution is -2.47. The molecule has 0 saturated carbocycles. The second-order valence-corrected chi connectivity index (χ2v) is 4.61. The molecule has 104 valence electrons. The molecule has 2 unspecified atom stereocenters. The van der Waals surface area contributed by atoms with Crippen molar-refractivity contribution in [1.29, 1.82) is 0 Å². The standard InChI is InChI=1S/C13H18ClN3O2/c1-8(15)12(18)16-9(2)13(19)17-11-5-3-10(7-14)4-6-11/h3-6,8-9H,7,15H2,1-2H3,(H,16,18)(H,17,19). The van der Waals surface area contributed by atoms with Gasteiger partial charge < -0.3 is 16.4 Å². The van der Waals surface area contributed by atoms with E-state index in [1.54, 1.807) is 26.0 Å². The van der Waals surface area contributed by atoms with E-state index >= 15 is 0 Å². The van der Waals surface area contributed by atoms with Crippen molar-refractivity contribution >= 4 is 29.1 Å². The zero-order chi connectivity index (χ0) is 14.4. The van der Waals surface area contributed by atoms with Crippen LogP contribution >= 0.6 is 11.6 Å². The van der Waals surface area contributed by atoms with Crippen LogP contribution in [0.5, 0.6) is 0 Å². The zero-order valence-corrected chi connectivity index (χ0v) is 11.7. The summed E-state index contributed by atoms with van der Waals surface area (Å²) in [7, 11) is 0. The van der Waals surface area contributed by atoms with Gasteiger partial charge in [-0.15, -0.1) is 11.6 Å². The Labute approximate surface area is 117 Å². The number of hydrogen-bond acceptors (Lipinski definition) is 3. The van der Waals surface area contributed by atoms with Gasteiger partial charge >= 0.3 is 0 Å². The first kappa shape index (κ1) is 15.5. The average molecular weight is 284 g/mol. The Balaban J connectivity index is 2.55. The van der Waals surface area contributed by atoms with E-state index in [2.05, 4.69) is 10.6 Å². The Morgan fingerprint density at radius 1 is 1.21 bits per heavy atom. The topological polar surface area (TPSA) is 84.2 Å². The maximum Gasteiger partial charge on any atom is 0.246 e. The van der Waals surface area contributed by atoms with Crippen LogP contribution in [0.3, 0.4) is 0 Å². The highest BCUT2D eigenvalue weighted by Gasteiger charge is 2.17. The minimum Gasteiger partial charge on any atom is -0.343 e. The van der Waals surface area contributed by atoms with Crippen molar-refractivity contribution in [2.24, 2.45) is 5.73 Å². The zero-order valence-electron chi connectivity index (χ0n) is 10.9. The van der Waals surface area contributed by atoms with Crippen LogP contribution in [0.25, 0.3) is 0 Å². The number of rotatable bonds is 5. The summed E-state index contributed by atoms with van der Waals surface area (Å²) < 4.78 is 0. The summed E-state index contributed by atoms with van der Waals surface area (Å²) in [5, 5.41) is 5.22. The molecule has 0 spiro atoms. The first-order valence-electron chi connectivity index (χ1n) is 5.95. The average Bonchev–Trinajstić information content (AvgIpc) is 2.39. The normalized spacial score (nSPS) is 13.5. The fraction of sp³-hybridized carbons (Fsp3) is 0.385. The van der Waals surface area contributed by atoms with E-state index in [1.165, 1.54) is 0 Å². The van der Waals surface area contributed by atoms with E-state index in [0.29, 0.717) is 11.6 Å². The van der Waals surface area contributed by atoms with Crippen LogP contribution < -0.4 is 16.4 Å². The van der Waals surface area contributed by atoms with Gasteiger partial charge in [-0.3, -0.25) is 9.59 Å². The lowest BCUT2D eigenvalue weighted by atomic mass is 10.2. The van der Waals surface area contributed by atoms with Crippen molar-refractivity contribution in [3.8, 4) is 0 Å². The molecule has 6 heteroatoms. The molecule has 0 fully saturated rings. The molecule has 0 aliphatic heterocycles. The number of nitrogens with one attached hydrogen (secondary N) is 2. The molecule has 4 N–H and O–H groups in total. The maximum absolute atomic E-state index is 11.8. The lowest BCUT2D eigenvalue weighted by molar-refractivity contribution is -0.126. The largest absolute Gasteiger partial charge is 0.343 e. The Bertz CT molecular complexity index is 446. The summed E-state index contributed by atoms with van der Waals surface area (Å²) in [5.74, 6) is -0.234.